The summed E-state index contributed by atoms with van der Waals surface area (Å²) < 4.78 is 0. The van der Waals surface area contributed by atoms with Crippen molar-refractivity contribution in [2.75, 3.05) is 41.3 Å². The molecular weight excluding hydrogens is 360 g/mol. The molecule has 1 aliphatic rings. The number of nitrogens with zero attached hydrogens (tertiary/aromatic N) is 3. The molecule has 0 bridgehead atoms. The van der Waals surface area contributed by atoms with Crippen LogP contribution in [0.2, 0.25) is 0 Å². The Kier molecular flexibility index (Phi) is 5.47. The van der Waals surface area contributed by atoms with Crippen molar-refractivity contribution in [2.24, 2.45) is 0 Å². The first-order valence-electron chi connectivity index (χ1n) is 9.98. The number of piperazine rings is 1. The SMILES string of the molecule is Cc1cc(C)cc(NC(=O)c2cncc(N3CCN(c4ccccc4)CC3)c2)c1. The van der Waals surface area contributed by atoms with Gasteiger partial charge in [0.2, 0.25) is 0 Å². The molecule has 148 valence electrons. The summed E-state index contributed by atoms with van der Waals surface area (Å²) in [6.07, 6.45) is 3.47. The van der Waals surface area contributed by atoms with Crippen LogP contribution in [0.3, 0.4) is 0 Å². The topological polar surface area (TPSA) is 48.5 Å². The van der Waals surface area contributed by atoms with Crippen LogP contribution in [0.15, 0.2) is 67.0 Å². The second kappa shape index (κ2) is 8.35. The molecule has 5 nitrogen and oxygen atoms in total. The van der Waals surface area contributed by atoms with Crippen molar-refractivity contribution in [3.63, 3.8) is 0 Å². The minimum absolute atomic E-state index is 0.132. The molecule has 0 spiro atoms. The van der Waals surface area contributed by atoms with Gasteiger partial charge in [-0.3, -0.25) is 9.78 Å². The summed E-state index contributed by atoms with van der Waals surface area (Å²) in [7, 11) is 0. The Bertz CT molecular complexity index is 975. The number of nitrogens with one attached hydrogen (secondary N) is 1. The second-order valence-electron chi connectivity index (χ2n) is 7.57. The molecular formula is C24H26N4O. The van der Waals surface area contributed by atoms with Crippen molar-refractivity contribution in [1.82, 2.24) is 4.98 Å². The highest BCUT2D eigenvalue weighted by Crippen LogP contribution is 2.21. The molecule has 1 amide bonds. The number of para-hydroxylation sites is 1. The fourth-order valence-corrected chi connectivity index (χ4v) is 3.84. The normalized spacial score (nSPS) is 14.0. The maximum absolute atomic E-state index is 12.7. The van der Waals surface area contributed by atoms with Crippen LogP contribution < -0.4 is 15.1 Å². The lowest BCUT2D eigenvalue weighted by atomic mass is 10.1. The quantitative estimate of drug-likeness (QED) is 0.727. The molecule has 1 N–H and O–H groups in total. The number of rotatable bonds is 4. The third-order valence-corrected chi connectivity index (χ3v) is 5.23. The molecule has 0 radical (unpaired) electrons. The smallest absolute Gasteiger partial charge is 0.257 e. The van der Waals surface area contributed by atoms with Gasteiger partial charge in [-0.1, -0.05) is 24.3 Å². The zero-order chi connectivity index (χ0) is 20.2. The predicted octanol–water partition coefficient (Wildman–Crippen LogP) is 4.28. The van der Waals surface area contributed by atoms with Crippen LogP contribution in [0.25, 0.3) is 0 Å². The number of benzene rings is 2. The van der Waals surface area contributed by atoms with Gasteiger partial charge in [-0.05, 0) is 55.3 Å². The van der Waals surface area contributed by atoms with Gasteiger partial charge in [0, 0.05) is 43.8 Å². The number of pyridine rings is 1. The second-order valence-corrected chi connectivity index (χ2v) is 7.57. The van der Waals surface area contributed by atoms with Gasteiger partial charge in [0.1, 0.15) is 0 Å². The van der Waals surface area contributed by atoms with E-state index in [4.69, 9.17) is 0 Å². The minimum Gasteiger partial charge on any atom is -0.368 e. The van der Waals surface area contributed by atoms with Crippen LogP contribution in [-0.2, 0) is 0 Å². The highest BCUT2D eigenvalue weighted by atomic mass is 16.1. The maximum Gasteiger partial charge on any atom is 0.257 e. The van der Waals surface area contributed by atoms with Gasteiger partial charge in [-0.25, -0.2) is 0 Å². The molecule has 5 heteroatoms. The van der Waals surface area contributed by atoms with E-state index in [1.807, 2.05) is 44.3 Å². The number of anilines is 3. The largest absolute Gasteiger partial charge is 0.368 e. The van der Waals surface area contributed by atoms with Crippen LogP contribution in [0.1, 0.15) is 21.5 Å². The molecule has 2 aromatic carbocycles. The maximum atomic E-state index is 12.7. The summed E-state index contributed by atoms with van der Waals surface area (Å²) in [5.74, 6) is -0.132. The van der Waals surface area contributed by atoms with Crippen molar-refractivity contribution in [3.05, 3.63) is 83.7 Å². The Morgan fingerprint density at radius 1 is 0.828 bits per heavy atom. The lowest BCUT2D eigenvalue weighted by Crippen LogP contribution is -2.46. The summed E-state index contributed by atoms with van der Waals surface area (Å²) in [5.41, 5.74) is 5.89. The predicted molar refractivity (Wildman–Crippen MR) is 119 cm³/mol. The first-order valence-corrected chi connectivity index (χ1v) is 9.98. The van der Waals surface area contributed by atoms with Gasteiger partial charge in [-0.15, -0.1) is 0 Å². The first kappa shape index (κ1) is 19.0. The molecule has 1 aromatic heterocycles. The number of aromatic nitrogens is 1. The average molecular weight is 386 g/mol. The number of carbonyl (C=O) groups excluding carboxylic acids is 1. The Morgan fingerprint density at radius 2 is 1.45 bits per heavy atom. The van der Waals surface area contributed by atoms with E-state index in [1.54, 1.807) is 6.20 Å². The number of amides is 1. The third-order valence-electron chi connectivity index (χ3n) is 5.23. The summed E-state index contributed by atoms with van der Waals surface area (Å²) in [6, 6.07) is 18.5. The first-order chi connectivity index (χ1) is 14.1. The number of hydrogen-bond acceptors (Lipinski definition) is 4. The molecule has 1 fully saturated rings. The van der Waals surface area contributed by atoms with Gasteiger partial charge in [0.25, 0.3) is 5.91 Å². The summed E-state index contributed by atoms with van der Waals surface area (Å²) in [5, 5.41) is 2.99. The van der Waals surface area contributed by atoms with Crippen LogP contribution in [0.5, 0.6) is 0 Å². The molecule has 1 aliphatic heterocycles. The summed E-state index contributed by atoms with van der Waals surface area (Å²) in [6.45, 7) is 7.75. The zero-order valence-electron chi connectivity index (χ0n) is 16.9. The lowest BCUT2D eigenvalue weighted by Gasteiger charge is -2.37. The Hall–Kier alpha value is -3.34. The van der Waals surface area contributed by atoms with E-state index in [0.29, 0.717) is 5.56 Å². The summed E-state index contributed by atoms with van der Waals surface area (Å²) in [4.78, 5) is 21.7. The Labute approximate surface area is 172 Å². The van der Waals surface area contributed by atoms with Crippen molar-refractivity contribution >= 4 is 23.0 Å². The monoisotopic (exact) mass is 386 g/mol. The Morgan fingerprint density at radius 3 is 2.10 bits per heavy atom. The highest BCUT2D eigenvalue weighted by molar-refractivity contribution is 6.04. The Balaban J connectivity index is 1.43. The van der Waals surface area contributed by atoms with E-state index in [9.17, 15) is 4.79 Å². The average Bonchev–Trinajstić information content (AvgIpc) is 2.74. The van der Waals surface area contributed by atoms with Crippen molar-refractivity contribution in [2.45, 2.75) is 13.8 Å². The molecule has 2 heterocycles. The standard InChI is InChI=1S/C24H26N4O/c1-18-12-19(2)14-21(13-18)26-24(29)20-15-23(17-25-16-20)28-10-8-27(9-11-28)22-6-4-3-5-7-22/h3-7,12-17H,8-11H2,1-2H3,(H,26,29). The molecule has 3 aromatic rings. The number of carbonyl (C=O) groups is 1. The fourth-order valence-electron chi connectivity index (χ4n) is 3.84. The molecule has 0 saturated carbocycles. The van der Waals surface area contributed by atoms with E-state index in [1.165, 1.54) is 5.69 Å². The van der Waals surface area contributed by atoms with E-state index < -0.39 is 0 Å². The number of hydrogen-bond donors (Lipinski definition) is 1. The van der Waals surface area contributed by atoms with E-state index >= 15 is 0 Å². The van der Waals surface area contributed by atoms with Gasteiger partial charge >= 0.3 is 0 Å². The molecule has 0 atom stereocenters. The van der Waals surface area contributed by atoms with Crippen molar-refractivity contribution in [1.29, 1.82) is 0 Å². The van der Waals surface area contributed by atoms with E-state index in [-0.39, 0.29) is 5.91 Å². The van der Waals surface area contributed by atoms with Crippen LogP contribution in [0, 0.1) is 13.8 Å². The molecule has 0 aliphatic carbocycles. The van der Waals surface area contributed by atoms with Crippen LogP contribution >= 0.6 is 0 Å². The molecule has 1 saturated heterocycles. The fraction of sp³-hybridized carbons (Fsp3) is 0.250. The van der Waals surface area contributed by atoms with Gasteiger partial charge in [0.15, 0.2) is 0 Å². The van der Waals surface area contributed by atoms with Crippen molar-refractivity contribution in [3.8, 4) is 0 Å². The van der Waals surface area contributed by atoms with Crippen LogP contribution in [-0.4, -0.2) is 37.1 Å². The molecule has 4 rings (SSSR count). The minimum atomic E-state index is -0.132. The van der Waals surface area contributed by atoms with Gasteiger partial charge in [-0.2, -0.15) is 0 Å². The lowest BCUT2D eigenvalue weighted by molar-refractivity contribution is 0.102. The molecule has 0 unspecified atom stereocenters. The van der Waals surface area contributed by atoms with E-state index in [2.05, 4.69) is 50.4 Å². The number of aryl methyl sites for hydroxylation is 2. The zero-order valence-corrected chi connectivity index (χ0v) is 16.9. The van der Waals surface area contributed by atoms with Gasteiger partial charge < -0.3 is 15.1 Å². The van der Waals surface area contributed by atoms with Gasteiger partial charge in [0.05, 0.1) is 17.4 Å². The summed E-state index contributed by atoms with van der Waals surface area (Å²) >= 11 is 0. The third kappa shape index (κ3) is 4.57. The highest BCUT2D eigenvalue weighted by Gasteiger charge is 2.19. The van der Waals surface area contributed by atoms with Crippen LogP contribution in [0.4, 0.5) is 17.1 Å². The van der Waals surface area contributed by atoms with Crippen molar-refractivity contribution < 1.29 is 4.79 Å². The molecule has 29 heavy (non-hydrogen) atoms. The van der Waals surface area contributed by atoms with E-state index in [0.717, 1.165) is 48.7 Å².